The first kappa shape index (κ1) is 16.3. The lowest BCUT2D eigenvalue weighted by Gasteiger charge is -2.34. The van der Waals surface area contributed by atoms with Crippen LogP contribution < -0.4 is 5.32 Å². The number of halogens is 1. The van der Waals surface area contributed by atoms with Gasteiger partial charge in [0.05, 0.1) is 17.0 Å². The van der Waals surface area contributed by atoms with Crippen LogP contribution in [0.3, 0.4) is 0 Å². The molecule has 0 spiro atoms. The Morgan fingerprint density at radius 3 is 2.67 bits per heavy atom. The first-order chi connectivity index (χ1) is 9.71. The van der Waals surface area contributed by atoms with E-state index >= 15 is 0 Å². The van der Waals surface area contributed by atoms with E-state index in [1.807, 2.05) is 6.92 Å². The van der Waals surface area contributed by atoms with Crippen LogP contribution in [0.1, 0.15) is 35.7 Å². The van der Waals surface area contributed by atoms with Gasteiger partial charge in [-0.25, -0.2) is 8.42 Å². The average Bonchev–Trinajstić information content (AvgIpc) is 2.37. The summed E-state index contributed by atoms with van der Waals surface area (Å²) in [6.45, 7) is 4.82. The van der Waals surface area contributed by atoms with E-state index in [1.54, 1.807) is 6.92 Å². The fourth-order valence-corrected chi connectivity index (χ4v) is 3.25. The molecule has 0 bridgehead atoms. The third-order valence-electron chi connectivity index (χ3n) is 3.58. The van der Waals surface area contributed by atoms with E-state index in [-0.39, 0.29) is 16.3 Å². The van der Waals surface area contributed by atoms with E-state index in [2.05, 4.69) is 5.32 Å². The Bertz CT molecular complexity index is 651. The van der Waals surface area contributed by atoms with Gasteiger partial charge in [-0.1, -0.05) is 0 Å². The third kappa shape index (κ3) is 3.96. The second kappa shape index (κ2) is 5.94. The van der Waals surface area contributed by atoms with Crippen molar-refractivity contribution < 1.29 is 17.9 Å². The van der Waals surface area contributed by atoms with Crippen LogP contribution in [0, 0.1) is 6.92 Å². The lowest BCUT2D eigenvalue weighted by atomic mass is 9.94. The van der Waals surface area contributed by atoms with Crippen molar-refractivity contribution in [1.29, 1.82) is 0 Å². The van der Waals surface area contributed by atoms with Crippen LogP contribution in [0.15, 0.2) is 23.1 Å². The summed E-state index contributed by atoms with van der Waals surface area (Å²) in [6.07, 6.45) is 1.76. The number of benzene rings is 1. The summed E-state index contributed by atoms with van der Waals surface area (Å²) in [7, 11) is 1.51. The van der Waals surface area contributed by atoms with Crippen LogP contribution in [0.4, 0.5) is 0 Å². The van der Waals surface area contributed by atoms with Crippen LogP contribution in [0.2, 0.25) is 0 Å². The molecular formula is C14H18ClNO4S. The molecule has 21 heavy (non-hydrogen) atoms. The highest BCUT2D eigenvalue weighted by atomic mass is 35.7. The van der Waals surface area contributed by atoms with Crippen molar-refractivity contribution in [2.45, 2.75) is 37.1 Å². The lowest BCUT2D eigenvalue weighted by Crippen LogP contribution is -2.51. The van der Waals surface area contributed by atoms with Gasteiger partial charge < -0.3 is 10.1 Å². The zero-order valence-corrected chi connectivity index (χ0v) is 13.6. The van der Waals surface area contributed by atoms with E-state index in [4.69, 9.17) is 15.4 Å². The quantitative estimate of drug-likeness (QED) is 0.862. The zero-order valence-electron chi connectivity index (χ0n) is 12.0. The molecule has 1 aromatic carbocycles. The summed E-state index contributed by atoms with van der Waals surface area (Å²) in [5.41, 5.74) is 0.611. The summed E-state index contributed by atoms with van der Waals surface area (Å²) in [5, 5.41) is 2.96. The van der Waals surface area contributed by atoms with Crippen LogP contribution in [0.25, 0.3) is 0 Å². The number of amides is 1. The Labute approximate surface area is 129 Å². The van der Waals surface area contributed by atoms with Gasteiger partial charge in [-0.2, -0.15) is 0 Å². The van der Waals surface area contributed by atoms with Crippen molar-refractivity contribution in [3.8, 4) is 0 Å². The maximum Gasteiger partial charge on any atom is 0.261 e. The van der Waals surface area contributed by atoms with Gasteiger partial charge in [-0.15, -0.1) is 0 Å². The van der Waals surface area contributed by atoms with E-state index in [1.165, 1.54) is 18.2 Å². The molecule has 1 saturated heterocycles. The molecule has 0 aliphatic carbocycles. The number of nitrogens with one attached hydrogen (secondary N) is 1. The first-order valence-electron chi connectivity index (χ1n) is 6.67. The van der Waals surface area contributed by atoms with Gasteiger partial charge in [-0.3, -0.25) is 4.79 Å². The second-order valence-corrected chi connectivity index (χ2v) is 8.15. The van der Waals surface area contributed by atoms with Gasteiger partial charge in [-0.05, 0) is 50.5 Å². The topological polar surface area (TPSA) is 72.5 Å². The summed E-state index contributed by atoms with van der Waals surface area (Å²) >= 11 is 0. The lowest BCUT2D eigenvalue weighted by molar-refractivity contribution is 0.0272. The molecule has 1 amide bonds. The molecule has 0 saturated carbocycles. The fourth-order valence-electron chi connectivity index (χ4n) is 2.42. The van der Waals surface area contributed by atoms with Crippen LogP contribution >= 0.6 is 10.7 Å². The minimum absolute atomic E-state index is 0.00886. The molecular weight excluding hydrogens is 314 g/mol. The molecule has 1 N–H and O–H groups in total. The molecule has 0 radical (unpaired) electrons. The largest absolute Gasteiger partial charge is 0.379 e. The maximum atomic E-state index is 12.4. The number of hydrogen-bond donors (Lipinski definition) is 1. The van der Waals surface area contributed by atoms with Gasteiger partial charge in [0.15, 0.2) is 0 Å². The molecule has 0 aromatic heterocycles. The summed E-state index contributed by atoms with van der Waals surface area (Å²) in [4.78, 5) is 12.3. The molecule has 1 atom stereocenters. The molecule has 2 rings (SSSR count). The van der Waals surface area contributed by atoms with Crippen molar-refractivity contribution in [2.75, 3.05) is 13.2 Å². The van der Waals surface area contributed by atoms with Crippen LogP contribution in [-0.2, 0) is 13.8 Å². The van der Waals surface area contributed by atoms with Crippen molar-refractivity contribution >= 4 is 25.6 Å². The van der Waals surface area contributed by atoms with Gasteiger partial charge in [0.1, 0.15) is 0 Å². The van der Waals surface area contributed by atoms with Crippen molar-refractivity contribution in [1.82, 2.24) is 5.32 Å². The Morgan fingerprint density at radius 2 is 2.14 bits per heavy atom. The van der Waals surface area contributed by atoms with E-state index in [9.17, 15) is 13.2 Å². The van der Waals surface area contributed by atoms with Gasteiger partial charge >= 0.3 is 0 Å². The molecule has 7 heteroatoms. The van der Waals surface area contributed by atoms with Crippen molar-refractivity contribution in [2.24, 2.45) is 0 Å². The Balaban J connectivity index is 2.20. The van der Waals surface area contributed by atoms with Crippen molar-refractivity contribution in [3.63, 3.8) is 0 Å². The molecule has 1 heterocycles. The molecule has 1 unspecified atom stereocenters. The number of hydrogen-bond acceptors (Lipinski definition) is 4. The van der Waals surface area contributed by atoms with Crippen LogP contribution in [0.5, 0.6) is 0 Å². The van der Waals surface area contributed by atoms with E-state index in [0.29, 0.717) is 24.3 Å². The number of ether oxygens (including phenoxy) is 1. The summed E-state index contributed by atoms with van der Waals surface area (Å²) in [5.74, 6) is -0.237. The van der Waals surface area contributed by atoms with Crippen LogP contribution in [-0.4, -0.2) is 33.1 Å². The second-order valence-electron chi connectivity index (χ2n) is 5.59. The highest BCUT2D eigenvalue weighted by molar-refractivity contribution is 8.13. The SMILES string of the molecule is Cc1cc(S(=O)(=O)Cl)ccc1C(=O)NC1(C)CCCOC1. The number of aryl methyl sites for hydroxylation is 1. The molecule has 1 aliphatic rings. The zero-order chi connectivity index (χ0) is 15.7. The Morgan fingerprint density at radius 1 is 1.43 bits per heavy atom. The predicted molar refractivity (Wildman–Crippen MR) is 80.1 cm³/mol. The minimum atomic E-state index is -3.79. The molecule has 1 aliphatic heterocycles. The third-order valence-corrected chi connectivity index (χ3v) is 4.93. The molecule has 1 fully saturated rings. The molecule has 5 nitrogen and oxygen atoms in total. The van der Waals surface area contributed by atoms with E-state index < -0.39 is 9.05 Å². The number of rotatable bonds is 3. The predicted octanol–water partition coefficient (Wildman–Crippen LogP) is 2.22. The van der Waals surface area contributed by atoms with Gasteiger partial charge in [0.2, 0.25) is 0 Å². The van der Waals surface area contributed by atoms with Crippen molar-refractivity contribution in [3.05, 3.63) is 29.3 Å². The average molecular weight is 332 g/mol. The smallest absolute Gasteiger partial charge is 0.261 e. The summed E-state index contributed by atoms with van der Waals surface area (Å²) < 4.78 is 28.0. The minimum Gasteiger partial charge on any atom is -0.379 e. The number of carbonyl (C=O) groups is 1. The molecule has 1 aromatic rings. The Kier molecular flexibility index (Phi) is 4.60. The number of carbonyl (C=O) groups excluding carboxylic acids is 1. The molecule has 116 valence electrons. The van der Waals surface area contributed by atoms with Gasteiger partial charge in [0.25, 0.3) is 15.0 Å². The standard InChI is InChI=1S/C14H18ClNO4S/c1-10-8-11(21(15,18)19)4-5-12(10)13(17)16-14(2)6-3-7-20-9-14/h4-5,8H,3,6-7,9H2,1-2H3,(H,16,17). The monoisotopic (exact) mass is 331 g/mol. The Hall–Kier alpha value is -1.11. The van der Waals surface area contributed by atoms with Gasteiger partial charge in [0, 0.05) is 22.9 Å². The maximum absolute atomic E-state index is 12.4. The highest BCUT2D eigenvalue weighted by Crippen LogP contribution is 2.22. The normalized spacial score (nSPS) is 22.8. The first-order valence-corrected chi connectivity index (χ1v) is 8.98. The summed E-state index contributed by atoms with van der Waals surface area (Å²) in [6, 6.07) is 4.22. The van der Waals surface area contributed by atoms with E-state index in [0.717, 1.165) is 12.8 Å². The highest BCUT2D eigenvalue weighted by Gasteiger charge is 2.30. The fraction of sp³-hybridized carbons (Fsp3) is 0.500.